The average Bonchev–Trinajstić information content (AvgIpc) is 3.09. The molecule has 2 heterocycles. The maximum atomic E-state index is 12.1. The number of carboxylic acids is 1. The van der Waals surface area contributed by atoms with E-state index >= 15 is 0 Å². The number of aliphatic carboxylic acids is 1. The Labute approximate surface area is 128 Å². The van der Waals surface area contributed by atoms with E-state index in [0.29, 0.717) is 18.7 Å². The lowest BCUT2D eigenvalue weighted by Crippen LogP contribution is -2.35. The van der Waals surface area contributed by atoms with Crippen LogP contribution in [-0.2, 0) is 34.3 Å². The minimum Gasteiger partial charge on any atom is -0.481 e. The highest BCUT2D eigenvalue weighted by atomic mass is 16.5. The second kappa shape index (κ2) is 6.78. The number of hydrogen-bond acceptors (Lipinski definition) is 5. The molecular formula is C14H21N3O5. The van der Waals surface area contributed by atoms with Crippen molar-refractivity contribution in [2.45, 2.75) is 44.9 Å². The van der Waals surface area contributed by atoms with Crippen molar-refractivity contribution in [1.82, 2.24) is 15.1 Å². The molecule has 1 fully saturated rings. The molecule has 2 atom stereocenters. The van der Waals surface area contributed by atoms with Crippen molar-refractivity contribution in [1.29, 1.82) is 0 Å². The quantitative estimate of drug-likeness (QED) is 0.780. The number of carboxylic acid groups (broad SMARTS) is 1. The van der Waals surface area contributed by atoms with Gasteiger partial charge in [0.2, 0.25) is 11.8 Å². The van der Waals surface area contributed by atoms with Gasteiger partial charge in [0.15, 0.2) is 6.10 Å². The number of carbonyl (C=O) groups excluding carboxylic acids is 1. The van der Waals surface area contributed by atoms with Crippen molar-refractivity contribution in [2.24, 2.45) is 7.05 Å². The van der Waals surface area contributed by atoms with Crippen LogP contribution in [-0.4, -0.2) is 46.1 Å². The Bertz CT molecular complexity index is 569. The number of aromatic nitrogens is 2. The highest BCUT2D eigenvalue weighted by Gasteiger charge is 2.34. The number of nitrogens with zero attached hydrogens (tertiary/aromatic N) is 2. The molecule has 122 valence electrons. The van der Waals surface area contributed by atoms with Crippen molar-refractivity contribution in [3.8, 4) is 5.88 Å². The minimum atomic E-state index is -1.03. The number of nitrogens with one attached hydrogen (secondary N) is 1. The van der Waals surface area contributed by atoms with Gasteiger partial charge in [-0.2, -0.15) is 5.10 Å². The number of aryl methyl sites for hydroxylation is 2. The molecule has 1 aromatic heterocycles. The van der Waals surface area contributed by atoms with E-state index in [1.165, 1.54) is 0 Å². The molecule has 1 aliphatic heterocycles. The summed E-state index contributed by atoms with van der Waals surface area (Å²) >= 11 is 0. The van der Waals surface area contributed by atoms with Gasteiger partial charge in [-0.3, -0.25) is 4.79 Å². The normalized spacial score (nSPS) is 20.9. The third-order valence-electron chi connectivity index (χ3n) is 3.73. The molecule has 0 spiro atoms. The number of ether oxygens (including phenoxy) is 2. The molecule has 1 saturated heterocycles. The lowest BCUT2D eigenvalue weighted by Gasteiger charge is -2.12. The fourth-order valence-electron chi connectivity index (χ4n) is 2.62. The highest BCUT2D eigenvalue weighted by molar-refractivity contribution is 5.82. The first-order valence-electron chi connectivity index (χ1n) is 7.22. The SMILES string of the molecule is CCc1nn(C)c(OC)c1CNC(=O)[C@@H]1CC[C@H](C(=O)O)O1. The number of rotatable bonds is 6. The third-order valence-corrected chi connectivity index (χ3v) is 3.73. The topological polar surface area (TPSA) is 103 Å². The van der Waals surface area contributed by atoms with Crippen molar-refractivity contribution >= 4 is 11.9 Å². The van der Waals surface area contributed by atoms with E-state index in [1.54, 1.807) is 18.8 Å². The van der Waals surface area contributed by atoms with Crippen LogP contribution in [0.15, 0.2) is 0 Å². The van der Waals surface area contributed by atoms with Gasteiger partial charge in [0, 0.05) is 7.05 Å². The maximum Gasteiger partial charge on any atom is 0.332 e. The molecule has 1 aliphatic rings. The van der Waals surface area contributed by atoms with Gasteiger partial charge < -0.3 is 19.9 Å². The molecule has 2 N–H and O–H groups in total. The summed E-state index contributed by atoms with van der Waals surface area (Å²) in [5.74, 6) is -0.734. The second-order valence-electron chi connectivity index (χ2n) is 5.16. The van der Waals surface area contributed by atoms with Crippen LogP contribution in [0.2, 0.25) is 0 Å². The second-order valence-corrected chi connectivity index (χ2v) is 5.16. The predicted molar refractivity (Wildman–Crippen MR) is 76.5 cm³/mol. The molecule has 0 aliphatic carbocycles. The van der Waals surface area contributed by atoms with Crippen LogP contribution in [0.3, 0.4) is 0 Å². The van der Waals surface area contributed by atoms with Gasteiger partial charge in [-0.05, 0) is 19.3 Å². The van der Waals surface area contributed by atoms with Gasteiger partial charge in [-0.1, -0.05) is 6.92 Å². The van der Waals surface area contributed by atoms with Crippen molar-refractivity contribution in [2.75, 3.05) is 7.11 Å². The zero-order valence-corrected chi connectivity index (χ0v) is 13.0. The van der Waals surface area contributed by atoms with Gasteiger partial charge in [-0.25, -0.2) is 9.48 Å². The molecule has 0 radical (unpaired) electrons. The minimum absolute atomic E-state index is 0.274. The number of methoxy groups -OCH3 is 1. The Morgan fingerprint density at radius 2 is 2.14 bits per heavy atom. The van der Waals surface area contributed by atoms with Gasteiger partial charge in [-0.15, -0.1) is 0 Å². The zero-order valence-electron chi connectivity index (χ0n) is 13.0. The standard InChI is InChI=1S/C14H21N3O5/c1-4-9-8(13(21-3)17(2)16-9)7-15-12(18)10-5-6-11(22-10)14(19)20/h10-11H,4-7H2,1-3H3,(H,15,18)(H,19,20)/t10-,11+/m0/s1. The summed E-state index contributed by atoms with van der Waals surface area (Å²) in [6.45, 7) is 2.25. The first-order chi connectivity index (χ1) is 10.5. The van der Waals surface area contributed by atoms with Crippen LogP contribution in [0.1, 0.15) is 31.0 Å². The van der Waals surface area contributed by atoms with Crippen LogP contribution in [0.5, 0.6) is 5.88 Å². The number of hydrogen-bond donors (Lipinski definition) is 2. The van der Waals surface area contributed by atoms with Gasteiger partial charge in [0.25, 0.3) is 0 Å². The average molecular weight is 311 g/mol. The van der Waals surface area contributed by atoms with Crippen molar-refractivity contribution in [3.63, 3.8) is 0 Å². The molecule has 0 saturated carbocycles. The summed E-state index contributed by atoms with van der Waals surface area (Å²) in [6, 6.07) is 0. The van der Waals surface area contributed by atoms with Crippen molar-refractivity contribution < 1.29 is 24.2 Å². The van der Waals surface area contributed by atoms with Crippen LogP contribution < -0.4 is 10.1 Å². The first kappa shape index (κ1) is 16.3. The first-order valence-corrected chi connectivity index (χ1v) is 7.22. The van der Waals surface area contributed by atoms with Crippen LogP contribution in [0, 0.1) is 0 Å². The largest absolute Gasteiger partial charge is 0.481 e. The summed E-state index contributed by atoms with van der Waals surface area (Å²) in [7, 11) is 3.33. The summed E-state index contributed by atoms with van der Waals surface area (Å²) < 4.78 is 12.2. The van der Waals surface area contributed by atoms with Gasteiger partial charge >= 0.3 is 5.97 Å². The highest BCUT2D eigenvalue weighted by Crippen LogP contribution is 2.23. The molecule has 0 unspecified atom stereocenters. The maximum absolute atomic E-state index is 12.1. The predicted octanol–water partition coefficient (Wildman–Crippen LogP) is 0.240. The Kier molecular flexibility index (Phi) is 5.02. The fraction of sp³-hybridized carbons (Fsp3) is 0.643. The van der Waals surface area contributed by atoms with Crippen LogP contribution in [0.4, 0.5) is 0 Å². The van der Waals surface area contributed by atoms with Crippen LogP contribution in [0.25, 0.3) is 0 Å². The van der Waals surface area contributed by atoms with E-state index in [4.69, 9.17) is 14.6 Å². The Balaban J connectivity index is 1.99. The van der Waals surface area contributed by atoms with Crippen LogP contribution >= 0.6 is 0 Å². The monoisotopic (exact) mass is 311 g/mol. The van der Waals surface area contributed by atoms with E-state index in [-0.39, 0.29) is 12.5 Å². The molecule has 0 aromatic carbocycles. The molecule has 22 heavy (non-hydrogen) atoms. The molecular weight excluding hydrogens is 290 g/mol. The van der Waals surface area contributed by atoms with Gasteiger partial charge in [0.1, 0.15) is 6.10 Å². The van der Waals surface area contributed by atoms with E-state index < -0.39 is 18.2 Å². The number of carbonyl (C=O) groups is 2. The Morgan fingerprint density at radius 3 is 2.68 bits per heavy atom. The lowest BCUT2D eigenvalue weighted by molar-refractivity contribution is -0.151. The zero-order chi connectivity index (χ0) is 16.3. The van der Waals surface area contributed by atoms with E-state index in [1.807, 2.05) is 6.92 Å². The molecule has 2 rings (SSSR count). The summed E-state index contributed by atoms with van der Waals surface area (Å²) in [4.78, 5) is 22.9. The lowest BCUT2D eigenvalue weighted by atomic mass is 10.1. The summed E-state index contributed by atoms with van der Waals surface area (Å²) in [6.07, 6.45) is -0.121. The summed E-state index contributed by atoms with van der Waals surface area (Å²) in [5, 5.41) is 16.0. The fourth-order valence-corrected chi connectivity index (χ4v) is 2.62. The molecule has 8 nitrogen and oxygen atoms in total. The van der Waals surface area contributed by atoms with Crippen molar-refractivity contribution in [3.05, 3.63) is 11.3 Å². The van der Waals surface area contributed by atoms with E-state index in [0.717, 1.165) is 17.7 Å². The van der Waals surface area contributed by atoms with E-state index in [9.17, 15) is 9.59 Å². The summed E-state index contributed by atoms with van der Waals surface area (Å²) in [5.41, 5.74) is 1.68. The molecule has 0 bridgehead atoms. The Morgan fingerprint density at radius 1 is 1.45 bits per heavy atom. The Hall–Kier alpha value is -2.09. The third kappa shape index (κ3) is 3.22. The molecule has 1 amide bonds. The van der Waals surface area contributed by atoms with Gasteiger partial charge in [0.05, 0.1) is 24.9 Å². The molecule has 1 aromatic rings. The smallest absolute Gasteiger partial charge is 0.332 e. The van der Waals surface area contributed by atoms with E-state index in [2.05, 4.69) is 10.4 Å². The number of amides is 1. The molecule has 8 heteroatoms.